The average molecular weight is 259 g/mol. The molecule has 0 spiro atoms. The van der Waals surface area contributed by atoms with Crippen LogP contribution in [0.3, 0.4) is 0 Å². The molecule has 1 aliphatic carbocycles. The summed E-state index contributed by atoms with van der Waals surface area (Å²) in [7, 11) is 1.76. The third-order valence-corrected chi connectivity index (χ3v) is 3.22. The van der Waals surface area contributed by atoms with Crippen LogP contribution in [0.15, 0.2) is 18.2 Å². The molecule has 100 valence electrons. The van der Waals surface area contributed by atoms with E-state index in [1.54, 1.807) is 18.0 Å². The average Bonchev–Trinajstić information content (AvgIpc) is 2.26. The molecule has 1 aromatic heterocycles. The Morgan fingerprint density at radius 3 is 2.61 bits per heavy atom. The Morgan fingerprint density at radius 1 is 1.39 bits per heavy atom. The van der Waals surface area contributed by atoms with Crippen molar-refractivity contribution in [1.29, 1.82) is 0 Å². The van der Waals surface area contributed by atoms with Crippen LogP contribution in [0, 0.1) is 5.92 Å². The number of rotatable bonds is 3. The van der Waals surface area contributed by atoms with E-state index in [4.69, 9.17) is 5.73 Å². The van der Waals surface area contributed by atoms with Crippen molar-refractivity contribution in [1.82, 2.24) is 4.98 Å². The van der Waals surface area contributed by atoms with Gasteiger partial charge >= 0.3 is 6.18 Å². The molecule has 0 saturated heterocycles. The Labute approximate surface area is 104 Å². The molecule has 1 saturated carbocycles. The second kappa shape index (κ2) is 4.76. The van der Waals surface area contributed by atoms with Crippen molar-refractivity contribution in [2.24, 2.45) is 11.7 Å². The summed E-state index contributed by atoms with van der Waals surface area (Å²) in [4.78, 5) is 5.40. The van der Waals surface area contributed by atoms with Gasteiger partial charge in [0.05, 0.1) is 0 Å². The first-order chi connectivity index (χ1) is 8.36. The van der Waals surface area contributed by atoms with Crippen molar-refractivity contribution in [3.05, 3.63) is 23.9 Å². The number of pyridine rings is 1. The quantitative estimate of drug-likeness (QED) is 0.905. The molecular formula is C12H16F3N3. The van der Waals surface area contributed by atoms with Crippen molar-refractivity contribution < 1.29 is 13.2 Å². The third-order valence-electron chi connectivity index (χ3n) is 3.22. The Kier molecular flexibility index (Phi) is 3.47. The molecule has 1 aliphatic rings. The highest BCUT2D eigenvalue weighted by molar-refractivity contribution is 5.38. The maximum Gasteiger partial charge on any atom is 0.433 e. The van der Waals surface area contributed by atoms with E-state index < -0.39 is 11.9 Å². The second-order valence-corrected chi connectivity index (χ2v) is 4.86. The minimum atomic E-state index is -4.39. The van der Waals surface area contributed by atoms with Crippen LogP contribution in [0.2, 0.25) is 0 Å². The number of alkyl halides is 3. The van der Waals surface area contributed by atoms with Gasteiger partial charge in [-0.25, -0.2) is 4.98 Å². The first-order valence-corrected chi connectivity index (χ1v) is 5.87. The van der Waals surface area contributed by atoms with E-state index in [0.717, 1.165) is 18.9 Å². The lowest BCUT2D eigenvalue weighted by Gasteiger charge is -2.35. The Morgan fingerprint density at radius 2 is 2.06 bits per heavy atom. The summed E-state index contributed by atoms with van der Waals surface area (Å²) < 4.78 is 37.6. The Bertz CT molecular complexity index is 413. The van der Waals surface area contributed by atoms with Crippen LogP contribution in [0.5, 0.6) is 0 Å². The molecule has 0 atom stereocenters. The lowest BCUT2D eigenvalue weighted by molar-refractivity contribution is -0.141. The minimum absolute atomic E-state index is 0.248. The topological polar surface area (TPSA) is 42.1 Å². The van der Waals surface area contributed by atoms with Crippen molar-refractivity contribution in [2.75, 3.05) is 18.5 Å². The van der Waals surface area contributed by atoms with Crippen LogP contribution in [-0.4, -0.2) is 24.6 Å². The molecule has 0 bridgehead atoms. The van der Waals surface area contributed by atoms with Gasteiger partial charge in [-0.1, -0.05) is 6.07 Å². The van der Waals surface area contributed by atoms with Gasteiger partial charge in [0.15, 0.2) is 0 Å². The van der Waals surface area contributed by atoms with E-state index in [1.807, 2.05) is 0 Å². The zero-order valence-electron chi connectivity index (χ0n) is 10.1. The summed E-state index contributed by atoms with van der Waals surface area (Å²) in [6, 6.07) is 4.20. The molecule has 0 aromatic carbocycles. The summed E-state index contributed by atoms with van der Waals surface area (Å²) in [6.45, 7) is 0.696. The van der Waals surface area contributed by atoms with Crippen LogP contribution in [0.1, 0.15) is 18.5 Å². The molecule has 0 unspecified atom stereocenters. The molecular weight excluding hydrogens is 243 g/mol. The third kappa shape index (κ3) is 2.93. The lowest BCUT2D eigenvalue weighted by Crippen LogP contribution is -2.42. The highest BCUT2D eigenvalue weighted by atomic mass is 19.4. The monoisotopic (exact) mass is 259 g/mol. The minimum Gasteiger partial charge on any atom is -0.359 e. The molecule has 3 nitrogen and oxygen atoms in total. The van der Waals surface area contributed by atoms with Crippen molar-refractivity contribution in [3.8, 4) is 0 Å². The van der Waals surface area contributed by atoms with Crippen molar-refractivity contribution in [2.45, 2.75) is 25.1 Å². The van der Waals surface area contributed by atoms with E-state index in [0.29, 0.717) is 18.3 Å². The maximum absolute atomic E-state index is 12.5. The molecule has 0 radical (unpaired) electrons. The standard InChI is InChI=1S/C12H16F3N3/c1-18(7-8-5-9(16)6-8)11-4-2-3-10(17-11)12(13,14)15/h2-4,8-9H,5-7,16H2,1H3. The second-order valence-electron chi connectivity index (χ2n) is 4.86. The molecule has 1 heterocycles. The predicted octanol–water partition coefficient (Wildman–Crippen LogP) is 2.27. The summed E-state index contributed by atoms with van der Waals surface area (Å²) in [5.74, 6) is 0.812. The van der Waals surface area contributed by atoms with Crippen LogP contribution in [-0.2, 0) is 6.18 Å². The fourth-order valence-corrected chi connectivity index (χ4v) is 2.21. The number of hydrogen-bond donors (Lipinski definition) is 1. The van der Waals surface area contributed by atoms with E-state index in [-0.39, 0.29) is 6.04 Å². The van der Waals surface area contributed by atoms with E-state index in [9.17, 15) is 13.2 Å². The predicted molar refractivity (Wildman–Crippen MR) is 63.2 cm³/mol. The van der Waals surface area contributed by atoms with Gasteiger partial charge in [-0.2, -0.15) is 13.2 Å². The smallest absolute Gasteiger partial charge is 0.359 e. The molecule has 6 heteroatoms. The molecule has 2 N–H and O–H groups in total. The van der Waals surface area contributed by atoms with Gasteiger partial charge in [0.25, 0.3) is 0 Å². The van der Waals surface area contributed by atoms with Crippen LogP contribution in [0.4, 0.5) is 19.0 Å². The normalized spacial score (nSPS) is 23.6. The summed E-state index contributed by atoms with van der Waals surface area (Å²) >= 11 is 0. The first-order valence-electron chi connectivity index (χ1n) is 5.87. The fraction of sp³-hybridized carbons (Fsp3) is 0.583. The SMILES string of the molecule is CN(CC1CC(N)C1)c1cccc(C(F)(F)F)n1. The van der Waals surface area contributed by atoms with Gasteiger partial charge in [-0.05, 0) is 30.9 Å². The molecule has 0 amide bonds. The summed E-state index contributed by atoms with van der Waals surface area (Å²) in [5.41, 5.74) is 4.83. The van der Waals surface area contributed by atoms with E-state index in [1.165, 1.54) is 6.07 Å². The number of aromatic nitrogens is 1. The lowest BCUT2D eigenvalue weighted by atomic mass is 9.80. The van der Waals surface area contributed by atoms with E-state index in [2.05, 4.69) is 4.98 Å². The zero-order valence-corrected chi connectivity index (χ0v) is 10.1. The molecule has 0 aliphatic heterocycles. The largest absolute Gasteiger partial charge is 0.433 e. The van der Waals surface area contributed by atoms with Crippen molar-refractivity contribution in [3.63, 3.8) is 0 Å². The Balaban J connectivity index is 2.03. The first kappa shape index (κ1) is 13.1. The maximum atomic E-state index is 12.5. The number of nitrogens with zero attached hydrogens (tertiary/aromatic N) is 2. The molecule has 18 heavy (non-hydrogen) atoms. The van der Waals surface area contributed by atoms with Crippen LogP contribution >= 0.6 is 0 Å². The number of halogens is 3. The van der Waals surface area contributed by atoms with Crippen LogP contribution in [0.25, 0.3) is 0 Å². The van der Waals surface area contributed by atoms with Gasteiger partial charge in [0, 0.05) is 19.6 Å². The fourth-order valence-electron chi connectivity index (χ4n) is 2.21. The van der Waals surface area contributed by atoms with Gasteiger partial charge in [-0.15, -0.1) is 0 Å². The van der Waals surface area contributed by atoms with Gasteiger partial charge in [0.1, 0.15) is 11.5 Å². The van der Waals surface area contributed by atoms with Gasteiger partial charge in [-0.3, -0.25) is 0 Å². The zero-order chi connectivity index (χ0) is 13.3. The van der Waals surface area contributed by atoms with Gasteiger partial charge < -0.3 is 10.6 Å². The van der Waals surface area contributed by atoms with Crippen LogP contribution < -0.4 is 10.6 Å². The number of anilines is 1. The van der Waals surface area contributed by atoms with Crippen molar-refractivity contribution >= 4 is 5.82 Å². The highest BCUT2D eigenvalue weighted by Crippen LogP contribution is 2.30. The summed E-state index contributed by atoms with van der Waals surface area (Å²) in [5, 5.41) is 0. The van der Waals surface area contributed by atoms with E-state index >= 15 is 0 Å². The summed E-state index contributed by atoms with van der Waals surface area (Å²) in [6.07, 6.45) is -2.53. The van der Waals surface area contributed by atoms with Gasteiger partial charge in [0.2, 0.25) is 0 Å². The molecule has 1 fully saturated rings. The highest BCUT2D eigenvalue weighted by Gasteiger charge is 2.33. The molecule has 2 rings (SSSR count). The Hall–Kier alpha value is -1.30. The number of nitrogens with two attached hydrogens (primary N) is 1. The molecule has 1 aromatic rings. The number of hydrogen-bond acceptors (Lipinski definition) is 3.